The highest BCUT2D eigenvalue weighted by Gasteiger charge is 2.15. The second kappa shape index (κ2) is 4.81. The van der Waals surface area contributed by atoms with Crippen LogP contribution in [0.1, 0.15) is 6.92 Å². The third kappa shape index (κ3) is 2.61. The van der Waals surface area contributed by atoms with Crippen LogP contribution in [0.15, 0.2) is 18.3 Å². The molecule has 3 nitrogen and oxygen atoms in total. The molecule has 1 aromatic rings. The number of nitrogens with zero attached hydrogens (tertiary/aromatic N) is 3. The smallest absolute Gasteiger partial charge is 0.131 e. The highest BCUT2D eigenvalue weighted by atomic mass is 35.5. The Balaban J connectivity index is 2.01. The van der Waals surface area contributed by atoms with E-state index in [0.29, 0.717) is 5.15 Å². The highest BCUT2D eigenvalue weighted by Crippen LogP contribution is 2.18. The van der Waals surface area contributed by atoms with Gasteiger partial charge >= 0.3 is 0 Å². The molecule has 0 unspecified atom stereocenters. The summed E-state index contributed by atoms with van der Waals surface area (Å²) in [5, 5.41) is 0.574. The molecular weight excluding hydrogens is 210 g/mol. The van der Waals surface area contributed by atoms with Gasteiger partial charge in [0.25, 0.3) is 0 Å². The quantitative estimate of drug-likeness (QED) is 0.717. The largest absolute Gasteiger partial charge is 0.369 e. The van der Waals surface area contributed by atoms with Crippen molar-refractivity contribution in [1.82, 2.24) is 9.88 Å². The van der Waals surface area contributed by atoms with E-state index >= 15 is 0 Å². The number of hydrogen-bond acceptors (Lipinski definition) is 3. The Morgan fingerprint density at radius 2 is 2.07 bits per heavy atom. The van der Waals surface area contributed by atoms with Crippen molar-refractivity contribution in [2.75, 3.05) is 37.6 Å². The van der Waals surface area contributed by atoms with Crippen molar-refractivity contribution < 1.29 is 0 Å². The maximum absolute atomic E-state index is 5.87. The molecule has 1 aromatic heterocycles. The zero-order valence-corrected chi connectivity index (χ0v) is 9.74. The minimum atomic E-state index is 0.574. The molecule has 1 aliphatic heterocycles. The van der Waals surface area contributed by atoms with Crippen LogP contribution >= 0.6 is 11.6 Å². The number of pyridine rings is 1. The first-order valence-corrected chi connectivity index (χ1v) is 5.76. The minimum Gasteiger partial charge on any atom is -0.369 e. The van der Waals surface area contributed by atoms with Crippen molar-refractivity contribution in [2.24, 2.45) is 0 Å². The van der Waals surface area contributed by atoms with E-state index in [9.17, 15) is 0 Å². The van der Waals surface area contributed by atoms with E-state index < -0.39 is 0 Å². The van der Waals surface area contributed by atoms with E-state index in [1.807, 2.05) is 12.1 Å². The fraction of sp³-hybridized carbons (Fsp3) is 0.545. The van der Waals surface area contributed by atoms with E-state index in [1.54, 1.807) is 6.20 Å². The summed E-state index contributed by atoms with van der Waals surface area (Å²) in [7, 11) is 0. The molecule has 0 atom stereocenters. The first kappa shape index (κ1) is 10.7. The molecule has 1 aliphatic rings. The van der Waals surface area contributed by atoms with Gasteiger partial charge in [0, 0.05) is 38.1 Å². The van der Waals surface area contributed by atoms with Crippen LogP contribution in [0, 0.1) is 0 Å². The molecule has 0 amide bonds. The van der Waals surface area contributed by atoms with Gasteiger partial charge in [-0.25, -0.2) is 4.98 Å². The van der Waals surface area contributed by atoms with Gasteiger partial charge in [-0.15, -0.1) is 0 Å². The molecule has 82 valence electrons. The number of halogens is 1. The average Bonchev–Trinajstić information content (AvgIpc) is 2.29. The van der Waals surface area contributed by atoms with Gasteiger partial charge in [-0.1, -0.05) is 18.5 Å². The normalized spacial score (nSPS) is 18.1. The van der Waals surface area contributed by atoms with Crippen LogP contribution < -0.4 is 4.90 Å². The summed E-state index contributed by atoms with van der Waals surface area (Å²) in [4.78, 5) is 8.81. The molecule has 1 fully saturated rings. The van der Waals surface area contributed by atoms with Crippen LogP contribution in [0.2, 0.25) is 5.15 Å². The Morgan fingerprint density at radius 1 is 1.33 bits per heavy atom. The van der Waals surface area contributed by atoms with Gasteiger partial charge in [0.05, 0.1) is 0 Å². The number of hydrogen-bond donors (Lipinski definition) is 0. The lowest BCUT2D eigenvalue weighted by Gasteiger charge is -2.35. The fourth-order valence-corrected chi connectivity index (χ4v) is 2.08. The van der Waals surface area contributed by atoms with E-state index in [4.69, 9.17) is 11.6 Å². The zero-order chi connectivity index (χ0) is 10.7. The lowest BCUT2D eigenvalue weighted by molar-refractivity contribution is 0.271. The number of aromatic nitrogens is 1. The van der Waals surface area contributed by atoms with Crippen molar-refractivity contribution in [3.63, 3.8) is 0 Å². The van der Waals surface area contributed by atoms with Crippen molar-refractivity contribution in [2.45, 2.75) is 6.92 Å². The standard InChI is InChI=1S/C11H16ClN3/c1-2-14-5-7-15(8-6-14)10-3-4-13-11(12)9-10/h3-4,9H,2,5-8H2,1H3. The second-order valence-corrected chi connectivity index (χ2v) is 4.15. The first-order chi connectivity index (χ1) is 7.29. The van der Waals surface area contributed by atoms with E-state index in [-0.39, 0.29) is 0 Å². The molecule has 2 rings (SSSR count). The molecular formula is C11H16ClN3. The topological polar surface area (TPSA) is 19.4 Å². The van der Waals surface area contributed by atoms with E-state index in [1.165, 1.54) is 5.69 Å². The number of piperazine rings is 1. The Hall–Kier alpha value is -0.800. The van der Waals surface area contributed by atoms with Gasteiger partial charge in [-0.05, 0) is 18.7 Å². The summed E-state index contributed by atoms with van der Waals surface area (Å²) in [6, 6.07) is 3.96. The Kier molecular flexibility index (Phi) is 3.44. The van der Waals surface area contributed by atoms with Crippen LogP contribution in [0.25, 0.3) is 0 Å². The first-order valence-electron chi connectivity index (χ1n) is 5.38. The maximum atomic E-state index is 5.87. The summed E-state index contributed by atoms with van der Waals surface area (Å²) in [6.45, 7) is 7.78. The number of likely N-dealkylation sites (N-methyl/N-ethyl adjacent to an activating group) is 1. The van der Waals surface area contributed by atoms with Crippen LogP contribution in [0.5, 0.6) is 0 Å². The highest BCUT2D eigenvalue weighted by molar-refractivity contribution is 6.29. The van der Waals surface area contributed by atoms with E-state index in [0.717, 1.165) is 32.7 Å². The summed E-state index contributed by atoms with van der Waals surface area (Å²) in [6.07, 6.45) is 1.77. The van der Waals surface area contributed by atoms with Crippen LogP contribution in [0.4, 0.5) is 5.69 Å². The summed E-state index contributed by atoms with van der Waals surface area (Å²) in [5.74, 6) is 0. The Labute approximate surface area is 95.7 Å². The molecule has 0 saturated carbocycles. The van der Waals surface area contributed by atoms with Crippen molar-refractivity contribution in [3.05, 3.63) is 23.5 Å². The molecule has 0 aliphatic carbocycles. The molecule has 4 heteroatoms. The molecule has 15 heavy (non-hydrogen) atoms. The van der Waals surface area contributed by atoms with Crippen molar-refractivity contribution in [3.8, 4) is 0 Å². The van der Waals surface area contributed by atoms with Gasteiger partial charge in [-0.2, -0.15) is 0 Å². The predicted molar refractivity (Wildman–Crippen MR) is 63.6 cm³/mol. The molecule has 0 aromatic carbocycles. The van der Waals surface area contributed by atoms with Crippen molar-refractivity contribution >= 4 is 17.3 Å². The SMILES string of the molecule is CCN1CCN(c2ccnc(Cl)c2)CC1. The monoisotopic (exact) mass is 225 g/mol. The Morgan fingerprint density at radius 3 is 2.67 bits per heavy atom. The lowest BCUT2D eigenvalue weighted by Crippen LogP contribution is -2.46. The van der Waals surface area contributed by atoms with Gasteiger partial charge in [0.2, 0.25) is 0 Å². The molecule has 0 N–H and O–H groups in total. The minimum absolute atomic E-state index is 0.574. The third-order valence-electron chi connectivity index (χ3n) is 2.89. The average molecular weight is 226 g/mol. The van der Waals surface area contributed by atoms with Gasteiger partial charge < -0.3 is 9.80 Å². The Bertz CT molecular complexity index is 321. The van der Waals surface area contributed by atoms with Gasteiger partial charge in [0.15, 0.2) is 0 Å². The zero-order valence-electron chi connectivity index (χ0n) is 8.99. The maximum Gasteiger partial charge on any atom is 0.131 e. The molecule has 0 spiro atoms. The number of rotatable bonds is 2. The molecule has 0 bridgehead atoms. The molecule has 1 saturated heterocycles. The van der Waals surface area contributed by atoms with Crippen molar-refractivity contribution in [1.29, 1.82) is 0 Å². The van der Waals surface area contributed by atoms with Crippen LogP contribution in [-0.2, 0) is 0 Å². The predicted octanol–water partition coefficient (Wildman–Crippen LogP) is 1.88. The van der Waals surface area contributed by atoms with Gasteiger partial charge in [0.1, 0.15) is 5.15 Å². The summed E-state index contributed by atoms with van der Waals surface area (Å²) >= 11 is 5.87. The molecule has 2 heterocycles. The second-order valence-electron chi connectivity index (χ2n) is 3.76. The van der Waals surface area contributed by atoms with Crippen LogP contribution in [-0.4, -0.2) is 42.6 Å². The van der Waals surface area contributed by atoms with Gasteiger partial charge in [-0.3, -0.25) is 0 Å². The third-order valence-corrected chi connectivity index (χ3v) is 3.10. The summed E-state index contributed by atoms with van der Waals surface area (Å²) in [5.41, 5.74) is 1.19. The summed E-state index contributed by atoms with van der Waals surface area (Å²) < 4.78 is 0. The van der Waals surface area contributed by atoms with Crippen LogP contribution in [0.3, 0.4) is 0 Å². The lowest BCUT2D eigenvalue weighted by atomic mass is 10.2. The number of anilines is 1. The fourth-order valence-electron chi connectivity index (χ4n) is 1.91. The van der Waals surface area contributed by atoms with E-state index in [2.05, 4.69) is 21.7 Å². The molecule has 0 radical (unpaired) electrons.